The highest BCUT2D eigenvalue weighted by molar-refractivity contribution is 6.06. The average molecular weight is 746 g/mol. The Hall–Kier alpha value is -4.39. The zero-order chi connectivity index (χ0) is 39.5. The molecule has 6 atom stereocenters. The number of nitriles is 1. The van der Waals surface area contributed by atoms with Crippen molar-refractivity contribution < 1.29 is 42.1 Å². The van der Waals surface area contributed by atoms with E-state index in [-0.39, 0.29) is 69.4 Å². The molecule has 0 unspecified atom stereocenters. The third-order valence-corrected chi connectivity index (χ3v) is 14.3. The Balaban J connectivity index is 1.07. The summed E-state index contributed by atoms with van der Waals surface area (Å²) in [6.07, 6.45) is 9.78. The van der Waals surface area contributed by atoms with Gasteiger partial charge in [-0.3, -0.25) is 9.59 Å². The van der Waals surface area contributed by atoms with Crippen LogP contribution in [0.3, 0.4) is 0 Å². The fraction of sp³-hybridized carbons (Fsp3) is 0.545. The van der Waals surface area contributed by atoms with E-state index in [1.807, 2.05) is 13.8 Å². The third-order valence-electron chi connectivity index (χ3n) is 14.3. The van der Waals surface area contributed by atoms with Gasteiger partial charge in [-0.2, -0.15) is 18.4 Å². The molecule has 288 valence electrons. The van der Waals surface area contributed by atoms with Crippen LogP contribution in [0.2, 0.25) is 0 Å². The van der Waals surface area contributed by atoms with Crippen molar-refractivity contribution in [2.24, 2.45) is 33.0 Å². The summed E-state index contributed by atoms with van der Waals surface area (Å²) < 4.78 is 49.6. The van der Waals surface area contributed by atoms with Crippen molar-refractivity contribution in [3.63, 3.8) is 0 Å². The number of hydrogen-bond donors (Lipinski definition) is 1. The van der Waals surface area contributed by atoms with Gasteiger partial charge in [0, 0.05) is 11.0 Å². The highest BCUT2D eigenvalue weighted by atomic mass is 19.4. The van der Waals surface area contributed by atoms with Crippen LogP contribution in [0.1, 0.15) is 110 Å². The number of unbranched alkanes of at least 4 members (excludes halogenated alkanes) is 1. The van der Waals surface area contributed by atoms with E-state index < -0.39 is 23.1 Å². The lowest BCUT2D eigenvalue weighted by atomic mass is 9.34. The van der Waals surface area contributed by atoms with Gasteiger partial charge in [-0.25, -0.2) is 4.79 Å². The van der Waals surface area contributed by atoms with Crippen molar-refractivity contribution in [3.05, 3.63) is 87.2 Å². The second-order valence-corrected chi connectivity index (χ2v) is 17.4. The van der Waals surface area contributed by atoms with Crippen molar-refractivity contribution in [2.75, 3.05) is 13.2 Å². The lowest BCUT2D eigenvalue weighted by Gasteiger charge is -2.70. The maximum atomic E-state index is 13.8. The number of aliphatic hydroxyl groups is 1. The van der Waals surface area contributed by atoms with Crippen molar-refractivity contribution in [1.82, 2.24) is 0 Å². The number of esters is 2. The van der Waals surface area contributed by atoms with Crippen LogP contribution in [-0.2, 0) is 30.0 Å². The summed E-state index contributed by atoms with van der Waals surface area (Å²) in [4.78, 5) is 39.1. The molecule has 1 aromatic rings. The number of ether oxygens (including phenoxy) is 2. The number of carbonyl (C=O) groups excluding carboxylic acids is 3. The minimum absolute atomic E-state index is 0.00934. The highest BCUT2D eigenvalue weighted by Crippen LogP contribution is 2.75. The molecule has 6 rings (SSSR count). The van der Waals surface area contributed by atoms with Crippen LogP contribution in [0.5, 0.6) is 0 Å². The van der Waals surface area contributed by atoms with E-state index >= 15 is 0 Å². The summed E-state index contributed by atoms with van der Waals surface area (Å²) in [7, 11) is 0. The fourth-order valence-corrected chi connectivity index (χ4v) is 10.5. The molecule has 0 amide bonds. The number of alkyl halides is 3. The number of halogens is 3. The number of rotatable bonds is 8. The second kappa shape index (κ2) is 13.7. The van der Waals surface area contributed by atoms with E-state index in [1.165, 1.54) is 23.8 Å². The Labute approximate surface area is 315 Å². The summed E-state index contributed by atoms with van der Waals surface area (Å²) in [5.41, 5.74) is 1.86. The number of allylic oxidation sites excluding steroid dienone is 7. The Bertz CT molecular complexity index is 1960. The smallest absolute Gasteiger partial charge is 0.416 e. The van der Waals surface area contributed by atoms with Crippen molar-refractivity contribution in [1.29, 1.82) is 5.26 Å². The number of aliphatic hydroxyl groups excluding tert-OH is 1. The Kier molecular flexibility index (Phi) is 9.99. The molecule has 54 heavy (non-hydrogen) atoms. The first-order valence-electron chi connectivity index (χ1n) is 19.0. The Morgan fingerprint density at radius 2 is 1.59 bits per heavy atom. The first-order chi connectivity index (χ1) is 25.2. The molecule has 0 spiro atoms. The molecule has 1 aromatic carbocycles. The standard InChI is InChI=1S/C44H50F3NO6/c1-27-31-13-14-34-41(4,32(31)24-33(49)36(27)50)18-20-43(6)35-25-40(3,16-15-39(35,2)17-19-42(34,43)5)38(52)54-22-8-7-21-53-37(51)29(26-48)23-28-9-11-30(12-10-28)44(45,46)47/h9-14,23-24,35,50H,7-8,15-22,25H2,1-6H3/b29-23+/t35-,39-,40-,41+,42-,43+/m1/s1. The predicted octanol–water partition coefficient (Wildman–Crippen LogP) is 10.1. The van der Waals surface area contributed by atoms with Gasteiger partial charge in [0.15, 0.2) is 5.76 Å². The van der Waals surface area contributed by atoms with Gasteiger partial charge in [0.2, 0.25) is 5.78 Å². The monoisotopic (exact) mass is 745 g/mol. The van der Waals surface area contributed by atoms with Gasteiger partial charge in [0.1, 0.15) is 11.6 Å². The van der Waals surface area contributed by atoms with Gasteiger partial charge in [-0.05, 0) is 135 Å². The first-order valence-corrected chi connectivity index (χ1v) is 19.0. The van der Waals surface area contributed by atoms with E-state index in [1.54, 1.807) is 12.1 Å². The van der Waals surface area contributed by atoms with Gasteiger partial charge >= 0.3 is 18.1 Å². The lowest BCUT2D eigenvalue weighted by molar-refractivity contribution is -0.182. The van der Waals surface area contributed by atoms with E-state index in [4.69, 9.17) is 9.47 Å². The Morgan fingerprint density at radius 1 is 0.944 bits per heavy atom. The minimum atomic E-state index is -4.49. The van der Waals surface area contributed by atoms with Crippen LogP contribution in [0.15, 0.2) is 76.1 Å². The van der Waals surface area contributed by atoms with E-state index in [0.717, 1.165) is 68.2 Å². The molecule has 5 aliphatic rings. The number of fused-ring (bicyclic) bond motifs is 7. The molecule has 0 aliphatic heterocycles. The largest absolute Gasteiger partial charge is 0.504 e. The molecular formula is C44H50F3NO6. The molecule has 7 nitrogen and oxygen atoms in total. The molecule has 0 heterocycles. The summed E-state index contributed by atoms with van der Waals surface area (Å²) in [5, 5.41) is 19.9. The van der Waals surface area contributed by atoms with Crippen LogP contribution < -0.4 is 0 Å². The molecule has 3 saturated carbocycles. The number of benzene rings is 1. The van der Waals surface area contributed by atoms with Crippen LogP contribution in [0.4, 0.5) is 13.2 Å². The highest BCUT2D eigenvalue weighted by Gasteiger charge is 2.67. The summed E-state index contributed by atoms with van der Waals surface area (Å²) >= 11 is 0. The van der Waals surface area contributed by atoms with Crippen molar-refractivity contribution in [2.45, 2.75) is 106 Å². The quantitative estimate of drug-likeness (QED) is 0.122. The number of hydrogen-bond acceptors (Lipinski definition) is 7. The molecule has 0 aromatic heterocycles. The molecule has 10 heteroatoms. The van der Waals surface area contributed by atoms with E-state index in [2.05, 4.69) is 39.8 Å². The minimum Gasteiger partial charge on any atom is -0.504 e. The van der Waals surface area contributed by atoms with Crippen molar-refractivity contribution >= 4 is 23.8 Å². The molecule has 1 N–H and O–H groups in total. The summed E-state index contributed by atoms with van der Waals surface area (Å²) in [6, 6.07) is 5.86. The molecule has 3 fully saturated rings. The zero-order valence-electron chi connectivity index (χ0n) is 32.0. The summed E-state index contributed by atoms with van der Waals surface area (Å²) in [6.45, 7) is 13.4. The lowest BCUT2D eigenvalue weighted by Crippen LogP contribution is -2.62. The van der Waals surface area contributed by atoms with Gasteiger partial charge in [-0.15, -0.1) is 0 Å². The SMILES string of the molecule is CC1=C(O)C(=O)C=C2C1=CC=C1[C@@]2(C)CC[C@@]2(C)[C@@H]3C[C@](C)(C(=O)OCCCCOC(=O)/C(C#N)=C/c4ccc(C(F)(F)F)cc4)CC[C@]3(C)CC[C@]12C. The normalized spacial score (nSPS) is 33.5. The molecule has 0 radical (unpaired) electrons. The van der Waals surface area contributed by atoms with E-state index in [9.17, 15) is 37.9 Å². The van der Waals surface area contributed by atoms with Gasteiger partial charge in [0.05, 0.1) is 24.2 Å². The summed E-state index contributed by atoms with van der Waals surface area (Å²) in [5.74, 6) is -1.34. The zero-order valence-corrected chi connectivity index (χ0v) is 32.0. The van der Waals surface area contributed by atoms with E-state index in [0.29, 0.717) is 18.4 Å². The van der Waals surface area contributed by atoms with Crippen LogP contribution in [0, 0.1) is 44.3 Å². The second-order valence-electron chi connectivity index (χ2n) is 17.4. The molecular weight excluding hydrogens is 695 g/mol. The van der Waals surface area contributed by atoms with Crippen LogP contribution in [-0.4, -0.2) is 36.0 Å². The molecule has 0 bridgehead atoms. The number of carbonyl (C=O) groups is 3. The third kappa shape index (κ3) is 6.45. The van der Waals surface area contributed by atoms with Gasteiger partial charge < -0.3 is 14.6 Å². The maximum absolute atomic E-state index is 13.8. The molecule has 0 saturated heterocycles. The number of nitrogens with zero attached hydrogens (tertiary/aromatic N) is 1. The average Bonchev–Trinajstić information content (AvgIpc) is 3.12. The topological polar surface area (TPSA) is 114 Å². The maximum Gasteiger partial charge on any atom is 0.416 e. The Morgan fingerprint density at radius 3 is 2.24 bits per heavy atom. The van der Waals surface area contributed by atoms with Gasteiger partial charge in [-0.1, -0.05) is 57.6 Å². The molecule has 5 aliphatic carbocycles. The van der Waals surface area contributed by atoms with Gasteiger partial charge in [0.25, 0.3) is 0 Å². The van der Waals surface area contributed by atoms with Crippen LogP contribution >= 0.6 is 0 Å². The van der Waals surface area contributed by atoms with Crippen molar-refractivity contribution in [3.8, 4) is 6.07 Å². The van der Waals surface area contributed by atoms with Crippen LogP contribution in [0.25, 0.3) is 6.08 Å². The first kappa shape index (κ1) is 39.3. The predicted molar refractivity (Wildman–Crippen MR) is 197 cm³/mol. The number of ketones is 1. The fourth-order valence-electron chi connectivity index (χ4n) is 10.5.